The van der Waals surface area contributed by atoms with Crippen molar-refractivity contribution in [3.05, 3.63) is 51.3 Å². The molecule has 0 aliphatic carbocycles. The number of fused-ring (bicyclic) bond motifs is 1. The molecule has 0 radical (unpaired) electrons. The van der Waals surface area contributed by atoms with Crippen molar-refractivity contribution in [1.82, 2.24) is 14.9 Å². The highest BCUT2D eigenvalue weighted by molar-refractivity contribution is 7.22. The van der Waals surface area contributed by atoms with Crippen LogP contribution in [0.15, 0.2) is 24.4 Å². The van der Waals surface area contributed by atoms with Crippen LogP contribution in [-0.4, -0.2) is 33.9 Å². The molecule has 5 nitrogen and oxygen atoms in total. The molecule has 4 rings (SSSR count). The van der Waals surface area contributed by atoms with Crippen LogP contribution in [0.1, 0.15) is 50.0 Å². The third-order valence-electron chi connectivity index (χ3n) is 3.39. The smallest absolute Gasteiger partial charge is 0.162 e. The standard InChI is InChI=1S/C20H19ClFN5S/c1-12-6-13(7-14(9-23)18(12)22)10-27-4-2-15(3-5-27)26-19-16-8-17(21)28-20(16)25-11-24-19/h6-8,11,15H,2-5,10H2,1H3,(H,24,25,26)/i2D2,3D2,4D2,5D2,6D,7D,8D,10D2,11D,15D/hD. The Morgan fingerprint density at radius 2 is 2.32 bits per heavy atom. The predicted molar refractivity (Wildman–Crippen MR) is 110 cm³/mol. The number of thiophene rings is 1. The Balaban J connectivity index is 2.06. The second kappa shape index (κ2) is 8.00. The van der Waals surface area contributed by atoms with Crippen molar-refractivity contribution >= 4 is 39.0 Å². The number of anilines is 1. The lowest BCUT2D eigenvalue weighted by atomic mass is 10.0. The van der Waals surface area contributed by atoms with E-state index in [1.807, 2.05) is 0 Å². The van der Waals surface area contributed by atoms with Crippen molar-refractivity contribution in [2.24, 2.45) is 0 Å². The summed E-state index contributed by atoms with van der Waals surface area (Å²) in [7, 11) is 0. The van der Waals surface area contributed by atoms with E-state index in [2.05, 4.69) is 9.97 Å². The van der Waals surface area contributed by atoms with Gasteiger partial charge < -0.3 is 5.31 Å². The lowest BCUT2D eigenvalue weighted by molar-refractivity contribution is 0.211. The van der Waals surface area contributed by atoms with Crippen LogP contribution in [0.3, 0.4) is 0 Å². The van der Waals surface area contributed by atoms with Crippen LogP contribution in [0.5, 0.6) is 0 Å². The number of nitrogens with one attached hydrogen (secondary N) is 1. The van der Waals surface area contributed by atoms with Gasteiger partial charge in [0.1, 0.15) is 30.2 Å². The van der Waals surface area contributed by atoms with Gasteiger partial charge in [-0.05, 0) is 42.9 Å². The number of hydrogen-bond acceptors (Lipinski definition) is 6. The van der Waals surface area contributed by atoms with Crippen LogP contribution in [-0.2, 0) is 6.50 Å². The Kier molecular flexibility index (Phi) is 2.25. The summed E-state index contributed by atoms with van der Waals surface area (Å²) in [6.07, 6.45) is -9.12. The fourth-order valence-electron chi connectivity index (χ4n) is 2.18. The van der Waals surface area contributed by atoms with E-state index in [-0.39, 0.29) is 14.5 Å². The molecule has 0 amide bonds. The van der Waals surface area contributed by atoms with Gasteiger partial charge in [0, 0.05) is 39.2 Å². The highest BCUT2D eigenvalue weighted by Crippen LogP contribution is 2.32. The molecule has 0 saturated carbocycles. The zero-order valence-electron chi connectivity index (χ0n) is 29.9. The average molecular weight is 432 g/mol. The van der Waals surface area contributed by atoms with E-state index < -0.39 is 101 Å². The number of nitriles is 1. The zero-order chi connectivity index (χ0) is 33.9. The second-order valence-electron chi connectivity index (χ2n) is 5.26. The van der Waals surface area contributed by atoms with Gasteiger partial charge in [-0.25, -0.2) is 14.4 Å². The average Bonchev–Trinajstić information content (AvgIpc) is 3.17. The first kappa shape index (κ1) is 7.86. The number of nitrogens with zero attached hydrogens (tertiary/aromatic N) is 4. The summed E-state index contributed by atoms with van der Waals surface area (Å²) in [6, 6.07) is -5.69. The summed E-state index contributed by atoms with van der Waals surface area (Å²) in [5, 5.41) is 8.57. The minimum Gasteiger partial charge on any atom is -0.367 e. The number of likely N-dealkylation sites (tertiary alicyclic amines) is 1. The molecule has 8 heteroatoms. The van der Waals surface area contributed by atoms with Crippen LogP contribution in [0, 0.1) is 24.1 Å². The molecule has 0 unspecified atom stereocenters. The molecule has 144 valence electrons. The van der Waals surface area contributed by atoms with E-state index in [0.29, 0.717) is 11.3 Å². The van der Waals surface area contributed by atoms with Crippen molar-refractivity contribution in [3.63, 3.8) is 0 Å². The topological polar surface area (TPSA) is 64.8 Å². The maximum atomic E-state index is 14.6. The Morgan fingerprint density at radius 1 is 1.54 bits per heavy atom. The van der Waals surface area contributed by atoms with E-state index >= 15 is 0 Å². The fourth-order valence-corrected chi connectivity index (χ4v) is 3.15. The number of benzene rings is 1. The highest BCUT2D eigenvalue weighted by Gasteiger charge is 2.21. The first-order valence-electron chi connectivity index (χ1n) is 15.5. The number of piperidine rings is 1. The van der Waals surface area contributed by atoms with Crippen molar-refractivity contribution in [2.75, 3.05) is 18.3 Å². The molecule has 28 heavy (non-hydrogen) atoms. The van der Waals surface area contributed by atoms with Gasteiger partial charge in [-0.15, -0.1) is 11.3 Å². The number of aromatic nitrogens is 2. The Labute approximate surface area is 194 Å². The molecule has 1 aliphatic rings. The van der Waals surface area contributed by atoms with Crippen LogP contribution < -0.4 is 5.31 Å². The van der Waals surface area contributed by atoms with Gasteiger partial charge in [-0.1, -0.05) is 17.6 Å². The molecule has 3 aromatic rings. The van der Waals surface area contributed by atoms with E-state index in [1.54, 1.807) is 0 Å². The molecule has 1 saturated heterocycles. The van der Waals surface area contributed by atoms with E-state index in [1.165, 1.54) is 6.07 Å². The van der Waals surface area contributed by atoms with Crippen LogP contribution >= 0.6 is 22.9 Å². The molecule has 1 aliphatic heterocycles. The van der Waals surface area contributed by atoms with E-state index in [9.17, 15) is 9.65 Å². The quantitative estimate of drug-likeness (QED) is 0.646. The maximum Gasteiger partial charge on any atom is 0.162 e. The summed E-state index contributed by atoms with van der Waals surface area (Å²) in [5.41, 5.74) is -3.06. The van der Waals surface area contributed by atoms with Gasteiger partial charge in [0.2, 0.25) is 0 Å². The molecular formula is C20H19ClFN5S. The molecule has 0 spiro atoms. The minimum absolute atomic E-state index is 0.206. The fraction of sp³-hybridized carbons (Fsp3) is 0.350. The van der Waals surface area contributed by atoms with Gasteiger partial charge in [0.25, 0.3) is 0 Å². The first-order chi connectivity index (χ1) is 19.8. The summed E-state index contributed by atoms with van der Waals surface area (Å²) < 4.78 is 152. The third-order valence-corrected chi connectivity index (χ3v) is 4.49. The van der Waals surface area contributed by atoms with Gasteiger partial charge in [-0.3, -0.25) is 4.90 Å². The van der Waals surface area contributed by atoms with Crippen molar-refractivity contribution < 1.29 is 26.4 Å². The highest BCUT2D eigenvalue weighted by atomic mass is 35.5. The van der Waals surface area contributed by atoms with Crippen LogP contribution in [0.2, 0.25) is 5.75 Å². The summed E-state index contributed by atoms with van der Waals surface area (Å²) in [5.74, 6) is -2.34. The molecule has 0 bridgehead atoms. The maximum absolute atomic E-state index is 14.6. The lowest BCUT2D eigenvalue weighted by Crippen LogP contribution is -2.38. The first-order valence-corrected chi connectivity index (χ1v) is 8.72. The van der Waals surface area contributed by atoms with Gasteiger partial charge in [-0.2, -0.15) is 5.26 Å². The molecule has 2 aromatic heterocycles. The van der Waals surface area contributed by atoms with E-state index in [0.717, 1.165) is 6.92 Å². The van der Waals surface area contributed by atoms with Gasteiger partial charge in [0.15, 0.2) is 1.41 Å². The lowest BCUT2D eigenvalue weighted by Gasteiger charge is -2.32. The summed E-state index contributed by atoms with van der Waals surface area (Å²) >= 11 is 6.62. The normalized spacial score (nSPS) is 32.8. The van der Waals surface area contributed by atoms with Gasteiger partial charge in [0.05, 0.1) is 20.8 Å². The van der Waals surface area contributed by atoms with Crippen LogP contribution in [0.4, 0.5) is 10.2 Å². The Morgan fingerprint density at radius 3 is 3.07 bits per heavy atom. The predicted octanol–water partition coefficient (Wildman–Crippen LogP) is 4.74. The monoisotopic (exact) mass is 431 g/mol. The number of hydrogen-bond donors (Lipinski definition) is 1. The molecular weight excluding hydrogens is 397 g/mol. The molecule has 1 aromatic carbocycles. The Bertz CT molecular complexity index is 1730. The molecule has 3 heterocycles. The minimum atomic E-state index is -4.14. The number of rotatable bonds is 4. The summed E-state index contributed by atoms with van der Waals surface area (Å²) in [4.78, 5) is 6.54. The zero-order valence-corrected chi connectivity index (χ0v) is 15.5. The van der Waals surface area contributed by atoms with Crippen LogP contribution in [0.25, 0.3) is 10.2 Å². The molecule has 1 fully saturated rings. The third kappa shape index (κ3) is 3.95. The number of halogens is 2. The van der Waals surface area contributed by atoms with E-state index in [4.69, 9.17) is 33.6 Å². The second-order valence-corrected chi connectivity index (χ2v) is 6.86. The van der Waals surface area contributed by atoms with Crippen molar-refractivity contribution in [3.8, 4) is 6.07 Å². The SMILES string of the molecule is [2H]c1nc(N([2H])C2([2H])C([2H])([2H])C([2H])([2H])N(C([2H])([2H])c3c([2H])c(C)c(F)c(C#N)c3[2H])C([2H])([2H])C2([2H])[2H])c2c([2H])c(Cl)sc2n1. The largest absolute Gasteiger partial charge is 0.367 e. The Hall–Kier alpha value is -2.27. The van der Waals surface area contributed by atoms with Gasteiger partial charge >= 0.3 is 0 Å². The summed E-state index contributed by atoms with van der Waals surface area (Å²) in [6.45, 7) is -11.2. The molecule has 0 atom stereocenters. The van der Waals surface area contributed by atoms with Crippen molar-refractivity contribution in [1.29, 1.82) is 5.26 Å². The van der Waals surface area contributed by atoms with Crippen molar-refractivity contribution in [2.45, 2.75) is 32.2 Å². The molecule has 1 N–H and O–H groups in total.